The van der Waals surface area contributed by atoms with E-state index in [0.717, 1.165) is 5.56 Å². The molecule has 0 saturated carbocycles. The van der Waals surface area contributed by atoms with Crippen molar-refractivity contribution in [3.8, 4) is 0 Å². The summed E-state index contributed by atoms with van der Waals surface area (Å²) in [7, 11) is 3.13. The Bertz CT molecular complexity index is 684. The van der Waals surface area contributed by atoms with Crippen molar-refractivity contribution in [1.29, 1.82) is 0 Å². The largest absolute Gasteiger partial charge is 0.414 e. The summed E-state index contributed by atoms with van der Waals surface area (Å²) in [4.78, 5) is 25.3. The van der Waals surface area contributed by atoms with Crippen molar-refractivity contribution in [2.24, 2.45) is 0 Å². The van der Waals surface area contributed by atoms with E-state index in [4.69, 9.17) is 27.9 Å². The summed E-state index contributed by atoms with van der Waals surface area (Å²) in [6.07, 6.45) is -0.565. The maximum absolute atomic E-state index is 12.2. The van der Waals surface area contributed by atoms with Crippen LogP contribution in [0.25, 0.3) is 5.57 Å². The minimum Gasteiger partial charge on any atom is -0.412 e. The number of ether oxygens (including phenoxy) is 1. The number of amides is 2. The first kappa shape index (κ1) is 16.6. The van der Waals surface area contributed by atoms with Gasteiger partial charge in [0.2, 0.25) is 0 Å². The van der Waals surface area contributed by atoms with Crippen molar-refractivity contribution >= 4 is 40.8 Å². The Labute approximate surface area is 138 Å². The minimum absolute atomic E-state index is 0.231. The maximum atomic E-state index is 12.2. The van der Waals surface area contributed by atoms with Crippen LogP contribution < -0.4 is 5.32 Å². The molecule has 1 aromatic rings. The van der Waals surface area contributed by atoms with Gasteiger partial charge >= 0.3 is 6.09 Å². The van der Waals surface area contributed by atoms with Gasteiger partial charge in [0.15, 0.2) is 0 Å². The molecular weight excluding hydrogens is 327 g/mol. The average Bonchev–Trinajstić information content (AvgIpc) is 2.69. The lowest BCUT2D eigenvalue weighted by Crippen LogP contribution is -2.29. The molecule has 5 nitrogen and oxygen atoms in total. The van der Waals surface area contributed by atoms with Gasteiger partial charge < -0.3 is 15.0 Å². The summed E-state index contributed by atoms with van der Waals surface area (Å²) in [6.45, 7) is 3.55. The fraction of sp³-hybridized carbons (Fsp3) is 0.333. The number of nitrogens with one attached hydrogen (secondary N) is 1. The molecule has 118 valence electrons. The zero-order valence-electron chi connectivity index (χ0n) is 12.7. The van der Waals surface area contributed by atoms with Crippen molar-refractivity contribution in [2.45, 2.75) is 19.9 Å². The third-order valence-electron chi connectivity index (χ3n) is 3.29. The highest BCUT2D eigenvalue weighted by Gasteiger charge is 2.34. The molecule has 0 fully saturated rings. The fourth-order valence-electron chi connectivity index (χ4n) is 2.08. The van der Waals surface area contributed by atoms with Gasteiger partial charge in [-0.1, -0.05) is 23.2 Å². The number of hydrogen-bond donors (Lipinski definition) is 1. The zero-order chi connectivity index (χ0) is 16.6. The van der Waals surface area contributed by atoms with Crippen LogP contribution in [0.3, 0.4) is 0 Å². The quantitative estimate of drug-likeness (QED) is 0.897. The predicted octanol–water partition coefficient (Wildman–Crippen LogP) is 3.23. The molecule has 0 bridgehead atoms. The van der Waals surface area contributed by atoms with Crippen LogP contribution in [0.2, 0.25) is 10.0 Å². The van der Waals surface area contributed by atoms with Gasteiger partial charge in [-0.05, 0) is 31.5 Å². The lowest BCUT2D eigenvalue weighted by atomic mass is 10.0. The van der Waals surface area contributed by atoms with Crippen molar-refractivity contribution in [3.05, 3.63) is 39.1 Å². The first-order valence-corrected chi connectivity index (χ1v) is 7.38. The maximum Gasteiger partial charge on any atom is 0.414 e. The van der Waals surface area contributed by atoms with Crippen LogP contribution in [0.4, 0.5) is 4.79 Å². The highest BCUT2D eigenvalue weighted by Crippen LogP contribution is 2.35. The summed E-state index contributed by atoms with van der Waals surface area (Å²) in [6, 6.07) is 2.85. The third-order valence-corrected chi connectivity index (χ3v) is 4.01. The Balaban J connectivity index is 2.56. The van der Waals surface area contributed by atoms with Gasteiger partial charge in [-0.15, -0.1) is 0 Å². The van der Waals surface area contributed by atoms with Crippen LogP contribution in [0.5, 0.6) is 0 Å². The molecule has 2 amide bonds. The molecule has 1 aromatic carbocycles. The van der Waals surface area contributed by atoms with E-state index in [1.807, 2.05) is 6.92 Å². The third kappa shape index (κ3) is 3.05. The molecule has 1 heterocycles. The minimum atomic E-state index is -0.565. The van der Waals surface area contributed by atoms with Gasteiger partial charge in [-0.25, -0.2) is 4.79 Å². The SMILES string of the molecule is Cc1cc(Cl)c(C2=C(OC(=O)N(C)C)C(C)NC2=O)cc1Cl. The molecule has 22 heavy (non-hydrogen) atoms. The van der Waals surface area contributed by atoms with Crippen LogP contribution in [0.15, 0.2) is 17.9 Å². The predicted molar refractivity (Wildman–Crippen MR) is 85.9 cm³/mol. The molecule has 0 aromatic heterocycles. The summed E-state index contributed by atoms with van der Waals surface area (Å²) in [5, 5.41) is 3.57. The normalized spacial score (nSPS) is 17.5. The van der Waals surface area contributed by atoms with E-state index in [2.05, 4.69) is 5.32 Å². The Hall–Kier alpha value is -1.72. The molecule has 2 rings (SSSR count). The number of carbonyl (C=O) groups excluding carboxylic acids is 2. The molecule has 0 saturated heterocycles. The highest BCUT2D eigenvalue weighted by molar-refractivity contribution is 6.37. The van der Waals surface area contributed by atoms with E-state index in [-0.39, 0.29) is 17.2 Å². The van der Waals surface area contributed by atoms with E-state index >= 15 is 0 Å². The molecule has 0 radical (unpaired) electrons. The van der Waals surface area contributed by atoms with Crippen molar-refractivity contribution in [3.63, 3.8) is 0 Å². The molecular formula is C15H16Cl2N2O3. The second-order valence-corrected chi connectivity index (χ2v) is 6.09. The van der Waals surface area contributed by atoms with Crippen LogP contribution in [0.1, 0.15) is 18.1 Å². The fourth-order valence-corrected chi connectivity index (χ4v) is 2.56. The van der Waals surface area contributed by atoms with Crippen LogP contribution in [-0.4, -0.2) is 37.0 Å². The van der Waals surface area contributed by atoms with Gasteiger partial charge in [0.25, 0.3) is 5.91 Å². The van der Waals surface area contributed by atoms with E-state index in [1.54, 1.807) is 33.2 Å². The number of hydrogen-bond acceptors (Lipinski definition) is 3. The Morgan fingerprint density at radius 3 is 2.50 bits per heavy atom. The van der Waals surface area contributed by atoms with E-state index in [1.165, 1.54) is 4.90 Å². The van der Waals surface area contributed by atoms with Gasteiger partial charge in [0, 0.05) is 29.7 Å². The number of rotatable bonds is 2. The van der Waals surface area contributed by atoms with Crippen LogP contribution >= 0.6 is 23.2 Å². The summed E-state index contributed by atoms with van der Waals surface area (Å²) < 4.78 is 5.33. The first-order chi connectivity index (χ1) is 10.2. The molecule has 1 aliphatic heterocycles. The monoisotopic (exact) mass is 342 g/mol. The number of halogens is 2. The standard InChI is InChI=1S/C15H16Cl2N2O3/c1-7-5-11(17)9(6-10(7)16)12-13(8(2)18-14(12)20)22-15(21)19(3)4/h5-6,8H,1-4H3,(H,18,20). The van der Waals surface area contributed by atoms with E-state index in [0.29, 0.717) is 15.6 Å². The van der Waals surface area contributed by atoms with Gasteiger partial charge in [-0.3, -0.25) is 4.79 Å². The second kappa shape index (κ2) is 6.18. The Kier molecular flexibility index (Phi) is 4.68. The van der Waals surface area contributed by atoms with E-state index in [9.17, 15) is 9.59 Å². The second-order valence-electron chi connectivity index (χ2n) is 5.28. The summed E-state index contributed by atoms with van der Waals surface area (Å²) in [5.74, 6) is -0.110. The van der Waals surface area contributed by atoms with Crippen molar-refractivity contribution < 1.29 is 14.3 Å². The number of carbonyl (C=O) groups is 2. The Morgan fingerprint density at radius 1 is 1.27 bits per heavy atom. The van der Waals surface area contributed by atoms with Gasteiger partial charge in [-0.2, -0.15) is 0 Å². The van der Waals surface area contributed by atoms with Crippen molar-refractivity contribution in [1.82, 2.24) is 10.2 Å². The summed E-state index contributed by atoms with van der Waals surface area (Å²) in [5.41, 5.74) is 1.48. The molecule has 1 aliphatic rings. The van der Waals surface area contributed by atoms with Crippen LogP contribution in [0, 0.1) is 6.92 Å². The number of nitrogens with zero attached hydrogens (tertiary/aromatic N) is 1. The lowest BCUT2D eigenvalue weighted by Gasteiger charge is -2.15. The molecule has 0 spiro atoms. The topological polar surface area (TPSA) is 58.6 Å². The molecule has 1 atom stereocenters. The van der Waals surface area contributed by atoms with Crippen molar-refractivity contribution in [2.75, 3.05) is 14.1 Å². The van der Waals surface area contributed by atoms with Gasteiger partial charge in [0.1, 0.15) is 5.76 Å². The van der Waals surface area contributed by atoms with Gasteiger partial charge in [0.05, 0.1) is 11.6 Å². The van der Waals surface area contributed by atoms with Crippen LogP contribution in [-0.2, 0) is 9.53 Å². The smallest absolute Gasteiger partial charge is 0.412 e. The average molecular weight is 343 g/mol. The zero-order valence-corrected chi connectivity index (χ0v) is 14.2. The molecule has 1 N–H and O–H groups in total. The lowest BCUT2D eigenvalue weighted by molar-refractivity contribution is -0.115. The highest BCUT2D eigenvalue weighted by atomic mass is 35.5. The molecule has 7 heteroatoms. The molecule has 0 aliphatic carbocycles. The Morgan fingerprint density at radius 2 is 1.91 bits per heavy atom. The number of aryl methyl sites for hydroxylation is 1. The summed E-state index contributed by atoms with van der Waals surface area (Å²) >= 11 is 12.4. The molecule has 1 unspecified atom stereocenters. The van der Waals surface area contributed by atoms with E-state index < -0.39 is 12.1 Å². The number of benzene rings is 1. The first-order valence-electron chi connectivity index (χ1n) is 6.62.